The second kappa shape index (κ2) is 6.65. The number of carbonyl (C=O) groups excluding carboxylic acids is 1. The SMILES string of the molecule is CCN(CCOC)C(=O)c1cccc(S(N)(=O)=O)c1. The summed E-state index contributed by atoms with van der Waals surface area (Å²) in [5, 5.41) is 5.04. The minimum Gasteiger partial charge on any atom is -0.383 e. The first-order chi connectivity index (χ1) is 8.90. The van der Waals surface area contributed by atoms with E-state index in [1.54, 1.807) is 18.1 Å². The van der Waals surface area contributed by atoms with Crippen LogP contribution < -0.4 is 5.14 Å². The van der Waals surface area contributed by atoms with Gasteiger partial charge in [0.2, 0.25) is 10.0 Å². The fourth-order valence-electron chi connectivity index (χ4n) is 1.59. The Balaban J connectivity index is 2.99. The number of hydrogen-bond acceptors (Lipinski definition) is 4. The summed E-state index contributed by atoms with van der Waals surface area (Å²) in [6.45, 7) is 3.23. The lowest BCUT2D eigenvalue weighted by molar-refractivity contribution is 0.0706. The molecule has 0 atom stereocenters. The van der Waals surface area contributed by atoms with Gasteiger partial charge in [-0.15, -0.1) is 0 Å². The third-order valence-electron chi connectivity index (χ3n) is 2.64. The van der Waals surface area contributed by atoms with E-state index in [4.69, 9.17) is 9.88 Å². The van der Waals surface area contributed by atoms with E-state index in [1.807, 2.05) is 6.92 Å². The zero-order valence-electron chi connectivity index (χ0n) is 11.0. The number of sulfonamides is 1. The molecule has 0 radical (unpaired) electrons. The Morgan fingerprint density at radius 2 is 2.11 bits per heavy atom. The number of amides is 1. The molecule has 19 heavy (non-hydrogen) atoms. The minimum absolute atomic E-state index is 0.0684. The third-order valence-corrected chi connectivity index (χ3v) is 3.55. The van der Waals surface area contributed by atoms with Crippen molar-refractivity contribution in [2.45, 2.75) is 11.8 Å². The van der Waals surface area contributed by atoms with Gasteiger partial charge in [-0.2, -0.15) is 0 Å². The topological polar surface area (TPSA) is 89.7 Å². The van der Waals surface area contributed by atoms with Gasteiger partial charge in [0.25, 0.3) is 5.91 Å². The van der Waals surface area contributed by atoms with Crippen LogP contribution in [0, 0.1) is 0 Å². The van der Waals surface area contributed by atoms with Crippen LogP contribution in [0.25, 0.3) is 0 Å². The number of nitrogens with zero attached hydrogens (tertiary/aromatic N) is 1. The number of primary sulfonamides is 1. The summed E-state index contributed by atoms with van der Waals surface area (Å²) < 4.78 is 27.4. The molecule has 0 saturated heterocycles. The molecule has 7 heteroatoms. The number of methoxy groups -OCH3 is 1. The van der Waals surface area contributed by atoms with Gasteiger partial charge in [0.05, 0.1) is 11.5 Å². The number of likely N-dealkylation sites (N-methyl/N-ethyl adjacent to an activating group) is 1. The van der Waals surface area contributed by atoms with E-state index in [0.29, 0.717) is 25.3 Å². The Bertz CT molecular complexity index is 542. The normalized spacial score (nSPS) is 11.3. The van der Waals surface area contributed by atoms with Crippen molar-refractivity contribution in [1.82, 2.24) is 4.90 Å². The minimum atomic E-state index is -3.80. The van der Waals surface area contributed by atoms with Crippen LogP contribution in [0.1, 0.15) is 17.3 Å². The van der Waals surface area contributed by atoms with Gasteiger partial charge in [-0.1, -0.05) is 6.07 Å². The highest BCUT2D eigenvalue weighted by atomic mass is 32.2. The average molecular weight is 286 g/mol. The Labute approximate surface area is 113 Å². The van der Waals surface area contributed by atoms with E-state index >= 15 is 0 Å². The van der Waals surface area contributed by atoms with E-state index in [2.05, 4.69) is 0 Å². The molecule has 1 rings (SSSR count). The van der Waals surface area contributed by atoms with Crippen molar-refractivity contribution in [3.8, 4) is 0 Å². The summed E-state index contributed by atoms with van der Waals surface area (Å²) in [5.41, 5.74) is 0.296. The van der Waals surface area contributed by atoms with Crippen LogP contribution >= 0.6 is 0 Å². The maximum Gasteiger partial charge on any atom is 0.253 e. The molecule has 0 bridgehead atoms. The molecule has 2 N–H and O–H groups in total. The first kappa shape index (κ1) is 15.6. The first-order valence-electron chi connectivity index (χ1n) is 5.81. The van der Waals surface area contributed by atoms with Gasteiger partial charge in [0, 0.05) is 25.8 Å². The van der Waals surface area contributed by atoms with Crippen molar-refractivity contribution >= 4 is 15.9 Å². The molecule has 0 aliphatic heterocycles. The zero-order valence-corrected chi connectivity index (χ0v) is 11.8. The molecule has 0 aromatic heterocycles. The molecule has 6 nitrogen and oxygen atoms in total. The predicted octanol–water partition coefficient (Wildman–Crippen LogP) is 0.443. The molecule has 0 aliphatic carbocycles. The number of hydrogen-bond donors (Lipinski definition) is 1. The fourth-order valence-corrected chi connectivity index (χ4v) is 2.15. The van der Waals surface area contributed by atoms with Crippen molar-refractivity contribution in [1.29, 1.82) is 0 Å². The molecule has 1 amide bonds. The van der Waals surface area contributed by atoms with Gasteiger partial charge in [0.1, 0.15) is 0 Å². The average Bonchev–Trinajstić information content (AvgIpc) is 2.38. The van der Waals surface area contributed by atoms with Crippen molar-refractivity contribution in [3.05, 3.63) is 29.8 Å². The quantitative estimate of drug-likeness (QED) is 0.821. The van der Waals surface area contributed by atoms with Gasteiger partial charge in [-0.3, -0.25) is 4.79 Å². The van der Waals surface area contributed by atoms with Crippen molar-refractivity contribution in [2.75, 3.05) is 26.8 Å². The molecule has 0 saturated carbocycles. The standard InChI is InChI=1S/C12H18N2O4S/c1-3-14(7-8-18-2)12(15)10-5-4-6-11(9-10)19(13,16)17/h4-6,9H,3,7-8H2,1-2H3,(H2,13,16,17). The maximum atomic E-state index is 12.2. The van der Waals surface area contributed by atoms with E-state index < -0.39 is 10.0 Å². The maximum absolute atomic E-state index is 12.2. The van der Waals surface area contributed by atoms with Crippen LogP contribution in [0.4, 0.5) is 0 Å². The summed E-state index contributed by atoms with van der Waals surface area (Å²) in [5.74, 6) is -0.245. The second-order valence-electron chi connectivity index (χ2n) is 3.95. The van der Waals surface area contributed by atoms with Crippen LogP contribution in [0.5, 0.6) is 0 Å². The Hall–Kier alpha value is -1.44. The first-order valence-corrected chi connectivity index (χ1v) is 7.36. The van der Waals surface area contributed by atoms with Gasteiger partial charge >= 0.3 is 0 Å². The van der Waals surface area contributed by atoms with E-state index in [0.717, 1.165) is 0 Å². The van der Waals surface area contributed by atoms with Crippen LogP contribution in [-0.2, 0) is 14.8 Å². The number of benzene rings is 1. The number of nitrogens with two attached hydrogens (primary N) is 1. The molecule has 0 heterocycles. The van der Waals surface area contributed by atoms with Crippen molar-refractivity contribution in [3.63, 3.8) is 0 Å². The molecular formula is C12H18N2O4S. The third kappa shape index (κ3) is 4.30. The number of carbonyl (C=O) groups is 1. The van der Waals surface area contributed by atoms with Crippen molar-refractivity contribution < 1.29 is 17.9 Å². The van der Waals surface area contributed by atoms with Crippen LogP contribution in [0.2, 0.25) is 0 Å². The number of rotatable bonds is 6. The van der Waals surface area contributed by atoms with Gasteiger partial charge in [-0.25, -0.2) is 13.6 Å². The van der Waals surface area contributed by atoms with E-state index in [9.17, 15) is 13.2 Å². The molecule has 1 aromatic rings. The summed E-state index contributed by atoms with van der Waals surface area (Å²) in [7, 11) is -2.25. The molecular weight excluding hydrogens is 268 g/mol. The fraction of sp³-hybridized carbons (Fsp3) is 0.417. The molecule has 0 aliphatic rings. The van der Waals surface area contributed by atoms with Gasteiger partial charge < -0.3 is 9.64 Å². The highest BCUT2D eigenvalue weighted by molar-refractivity contribution is 7.89. The Kier molecular flexibility index (Phi) is 5.46. The highest BCUT2D eigenvalue weighted by Gasteiger charge is 2.16. The predicted molar refractivity (Wildman–Crippen MR) is 71.3 cm³/mol. The Morgan fingerprint density at radius 3 is 2.63 bits per heavy atom. The summed E-state index contributed by atoms with van der Waals surface area (Å²) >= 11 is 0. The largest absolute Gasteiger partial charge is 0.383 e. The van der Waals surface area contributed by atoms with Gasteiger partial charge in [-0.05, 0) is 25.1 Å². The molecule has 1 aromatic carbocycles. The van der Waals surface area contributed by atoms with E-state index in [1.165, 1.54) is 18.2 Å². The lowest BCUT2D eigenvalue weighted by atomic mass is 10.2. The van der Waals surface area contributed by atoms with Gasteiger partial charge in [0.15, 0.2) is 0 Å². The smallest absolute Gasteiger partial charge is 0.253 e. The monoisotopic (exact) mass is 286 g/mol. The van der Waals surface area contributed by atoms with Crippen LogP contribution in [0.3, 0.4) is 0 Å². The number of ether oxygens (including phenoxy) is 1. The summed E-state index contributed by atoms with van der Waals surface area (Å²) in [4.78, 5) is 13.7. The molecule has 0 fully saturated rings. The summed E-state index contributed by atoms with van der Waals surface area (Å²) in [6.07, 6.45) is 0. The molecule has 106 valence electrons. The lowest BCUT2D eigenvalue weighted by Gasteiger charge is -2.20. The second-order valence-corrected chi connectivity index (χ2v) is 5.51. The Morgan fingerprint density at radius 1 is 1.42 bits per heavy atom. The highest BCUT2D eigenvalue weighted by Crippen LogP contribution is 2.12. The van der Waals surface area contributed by atoms with Crippen molar-refractivity contribution in [2.24, 2.45) is 5.14 Å². The molecule has 0 spiro atoms. The zero-order chi connectivity index (χ0) is 14.5. The van der Waals surface area contributed by atoms with Crippen LogP contribution in [0.15, 0.2) is 29.2 Å². The summed E-state index contributed by atoms with van der Waals surface area (Å²) in [6, 6.07) is 5.70. The van der Waals surface area contributed by atoms with E-state index in [-0.39, 0.29) is 10.8 Å². The lowest BCUT2D eigenvalue weighted by Crippen LogP contribution is -2.33. The van der Waals surface area contributed by atoms with Crippen LogP contribution in [-0.4, -0.2) is 46.0 Å². The molecule has 0 unspecified atom stereocenters.